The van der Waals surface area contributed by atoms with E-state index < -0.39 is 0 Å². The lowest BCUT2D eigenvalue weighted by Crippen LogP contribution is -2.37. The van der Waals surface area contributed by atoms with E-state index in [4.69, 9.17) is 0 Å². The van der Waals surface area contributed by atoms with Crippen LogP contribution in [0, 0.1) is 0 Å². The maximum atomic E-state index is 12.8. The quantitative estimate of drug-likeness (QED) is 0.883. The van der Waals surface area contributed by atoms with Crippen LogP contribution in [0.2, 0.25) is 0 Å². The van der Waals surface area contributed by atoms with Gasteiger partial charge >= 0.3 is 0 Å². The zero-order valence-electron chi connectivity index (χ0n) is 13.9. The minimum atomic E-state index is 0.00725. The second-order valence-corrected chi connectivity index (χ2v) is 6.38. The minimum Gasteiger partial charge on any atom is -0.337 e. The number of nitrogens with zero attached hydrogens (tertiary/aromatic N) is 3. The Labute approximate surface area is 137 Å². The van der Waals surface area contributed by atoms with Crippen LogP contribution in [0.5, 0.6) is 0 Å². The van der Waals surface area contributed by atoms with E-state index >= 15 is 0 Å². The maximum absolute atomic E-state index is 12.8. The van der Waals surface area contributed by atoms with Crippen LogP contribution >= 0.6 is 0 Å². The molecule has 1 atom stereocenters. The lowest BCUT2D eigenvalue weighted by molar-refractivity contribution is 0.0735. The molecule has 5 heteroatoms. The summed E-state index contributed by atoms with van der Waals surface area (Å²) in [7, 11) is 1.85. The van der Waals surface area contributed by atoms with E-state index in [0.717, 1.165) is 42.6 Å². The average Bonchev–Trinajstić information content (AvgIpc) is 2.82. The number of amides is 1. The van der Waals surface area contributed by atoms with Crippen molar-refractivity contribution < 1.29 is 4.79 Å². The molecule has 0 fully saturated rings. The highest BCUT2D eigenvalue weighted by atomic mass is 16.2. The molecule has 0 aliphatic heterocycles. The SMILES string of the molecule is CC(Cc1ccccn1)N(C)C(=O)c1n[nH]c2c1CCCCC2. The van der Waals surface area contributed by atoms with Gasteiger partial charge in [0.25, 0.3) is 5.91 Å². The number of aryl methyl sites for hydroxylation is 1. The molecule has 5 nitrogen and oxygen atoms in total. The van der Waals surface area contributed by atoms with Gasteiger partial charge in [0.05, 0.1) is 0 Å². The van der Waals surface area contributed by atoms with Crippen molar-refractivity contribution in [2.75, 3.05) is 7.05 Å². The number of nitrogens with one attached hydrogen (secondary N) is 1. The maximum Gasteiger partial charge on any atom is 0.274 e. The molecule has 1 unspecified atom stereocenters. The molecule has 122 valence electrons. The van der Waals surface area contributed by atoms with Gasteiger partial charge in [-0.15, -0.1) is 0 Å². The van der Waals surface area contributed by atoms with Crippen LogP contribution < -0.4 is 0 Å². The number of fused-ring (bicyclic) bond motifs is 1. The number of H-pyrrole nitrogens is 1. The van der Waals surface area contributed by atoms with E-state index in [1.165, 1.54) is 12.8 Å². The van der Waals surface area contributed by atoms with Crippen molar-refractivity contribution >= 4 is 5.91 Å². The van der Waals surface area contributed by atoms with Crippen molar-refractivity contribution in [3.8, 4) is 0 Å². The molecule has 3 rings (SSSR count). The Morgan fingerprint density at radius 1 is 1.30 bits per heavy atom. The number of rotatable bonds is 4. The lowest BCUT2D eigenvalue weighted by Gasteiger charge is -2.24. The highest BCUT2D eigenvalue weighted by Crippen LogP contribution is 2.23. The Morgan fingerprint density at radius 3 is 2.91 bits per heavy atom. The smallest absolute Gasteiger partial charge is 0.274 e. The molecular formula is C18H24N4O. The van der Waals surface area contributed by atoms with E-state index in [1.54, 1.807) is 11.1 Å². The van der Waals surface area contributed by atoms with Crippen molar-refractivity contribution in [3.05, 3.63) is 47.0 Å². The number of carbonyl (C=O) groups excluding carboxylic acids is 1. The third kappa shape index (κ3) is 3.44. The molecule has 0 bridgehead atoms. The van der Waals surface area contributed by atoms with Gasteiger partial charge in [0.15, 0.2) is 5.69 Å². The molecule has 23 heavy (non-hydrogen) atoms. The number of aromatic amines is 1. The topological polar surface area (TPSA) is 61.9 Å². The second-order valence-electron chi connectivity index (χ2n) is 6.38. The summed E-state index contributed by atoms with van der Waals surface area (Å²) in [4.78, 5) is 19.0. The number of hydrogen-bond donors (Lipinski definition) is 1. The highest BCUT2D eigenvalue weighted by molar-refractivity contribution is 5.94. The van der Waals surface area contributed by atoms with Gasteiger partial charge in [-0.3, -0.25) is 14.9 Å². The monoisotopic (exact) mass is 312 g/mol. The van der Waals surface area contributed by atoms with Crippen LogP contribution in [-0.2, 0) is 19.3 Å². The Bertz CT molecular complexity index is 665. The zero-order valence-corrected chi connectivity index (χ0v) is 13.9. The lowest BCUT2D eigenvalue weighted by atomic mass is 10.1. The average molecular weight is 312 g/mol. The predicted molar refractivity (Wildman–Crippen MR) is 89.3 cm³/mol. The molecule has 2 aromatic rings. The van der Waals surface area contributed by atoms with Crippen molar-refractivity contribution in [1.29, 1.82) is 0 Å². The normalized spacial score (nSPS) is 15.6. The van der Waals surface area contributed by atoms with Crippen LogP contribution in [-0.4, -0.2) is 39.1 Å². The molecule has 0 radical (unpaired) electrons. The van der Waals surface area contributed by atoms with Crippen molar-refractivity contribution in [1.82, 2.24) is 20.1 Å². The molecule has 2 aromatic heterocycles. The summed E-state index contributed by atoms with van der Waals surface area (Å²) in [5, 5.41) is 7.40. The number of aromatic nitrogens is 3. The molecule has 0 spiro atoms. The molecule has 2 heterocycles. The first-order valence-corrected chi connectivity index (χ1v) is 8.40. The number of likely N-dealkylation sites (N-methyl/N-ethyl adjacent to an activating group) is 1. The van der Waals surface area contributed by atoms with Crippen molar-refractivity contribution in [2.45, 2.75) is 51.5 Å². The summed E-state index contributed by atoms with van der Waals surface area (Å²) in [5.74, 6) is 0.00725. The number of carbonyl (C=O) groups is 1. The summed E-state index contributed by atoms with van der Waals surface area (Å²) in [6.07, 6.45) is 8.03. The molecular weight excluding hydrogens is 288 g/mol. The number of hydrogen-bond acceptors (Lipinski definition) is 3. The number of pyridine rings is 1. The molecule has 1 amide bonds. The summed E-state index contributed by atoms with van der Waals surface area (Å²) in [6, 6.07) is 5.96. The molecule has 1 N–H and O–H groups in total. The van der Waals surface area contributed by atoms with E-state index in [1.807, 2.05) is 25.2 Å². The van der Waals surface area contributed by atoms with E-state index in [-0.39, 0.29) is 11.9 Å². The van der Waals surface area contributed by atoms with Gasteiger partial charge < -0.3 is 4.90 Å². The Kier molecular flexibility index (Phi) is 4.74. The van der Waals surface area contributed by atoms with Crippen LogP contribution in [0.4, 0.5) is 0 Å². The second kappa shape index (κ2) is 6.94. The fourth-order valence-corrected chi connectivity index (χ4v) is 3.16. The van der Waals surface area contributed by atoms with E-state index in [0.29, 0.717) is 5.69 Å². The molecule has 1 aliphatic carbocycles. The molecule has 0 aromatic carbocycles. The van der Waals surface area contributed by atoms with Gasteiger partial charge in [0, 0.05) is 42.7 Å². The van der Waals surface area contributed by atoms with Gasteiger partial charge in [-0.2, -0.15) is 5.10 Å². The highest BCUT2D eigenvalue weighted by Gasteiger charge is 2.25. The van der Waals surface area contributed by atoms with Crippen LogP contribution in [0.15, 0.2) is 24.4 Å². The van der Waals surface area contributed by atoms with Gasteiger partial charge in [-0.05, 0) is 44.7 Å². The fourth-order valence-electron chi connectivity index (χ4n) is 3.16. The van der Waals surface area contributed by atoms with Gasteiger partial charge in [0.2, 0.25) is 0 Å². The first-order chi connectivity index (χ1) is 11.2. The van der Waals surface area contributed by atoms with Crippen LogP contribution in [0.3, 0.4) is 0 Å². The van der Waals surface area contributed by atoms with Gasteiger partial charge in [0.1, 0.15) is 0 Å². The standard InChI is InChI=1S/C18H24N4O/c1-13(12-14-8-6-7-11-19-14)22(2)18(23)17-15-9-4-3-5-10-16(15)20-21-17/h6-8,11,13H,3-5,9-10,12H2,1-2H3,(H,20,21). The Balaban J connectivity index is 1.73. The third-order valence-corrected chi connectivity index (χ3v) is 4.72. The van der Waals surface area contributed by atoms with E-state index in [9.17, 15) is 4.79 Å². The predicted octanol–water partition coefficient (Wildman–Crippen LogP) is 2.78. The molecule has 1 aliphatic rings. The molecule has 0 saturated carbocycles. The van der Waals surface area contributed by atoms with Gasteiger partial charge in [-0.1, -0.05) is 12.5 Å². The minimum absolute atomic E-state index is 0.00725. The summed E-state index contributed by atoms with van der Waals surface area (Å²) >= 11 is 0. The Hall–Kier alpha value is -2.17. The van der Waals surface area contributed by atoms with Gasteiger partial charge in [-0.25, -0.2) is 0 Å². The zero-order chi connectivity index (χ0) is 16.2. The first kappa shape index (κ1) is 15.7. The van der Waals surface area contributed by atoms with Crippen molar-refractivity contribution in [2.24, 2.45) is 0 Å². The van der Waals surface area contributed by atoms with Crippen molar-refractivity contribution in [3.63, 3.8) is 0 Å². The summed E-state index contributed by atoms with van der Waals surface area (Å²) < 4.78 is 0. The summed E-state index contributed by atoms with van der Waals surface area (Å²) in [5.41, 5.74) is 3.89. The van der Waals surface area contributed by atoms with Crippen LogP contribution in [0.25, 0.3) is 0 Å². The van der Waals surface area contributed by atoms with Crippen LogP contribution in [0.1, 0.15) is 53.6 Å². The fraction of sp³-hybridized carbons (Fsp3) is 0.500. The first-order valence-electron chi connectivity index (χ1n) is 8.40. The largest absolute Gasteiger partial charge is 0.337 e. The Morgan fingerprint density at radius 2 is 2.13 bits per heavy atom. The van der Waals surface area contributed by atoms with E-state index in [2.05, 4.69) is 22.1 Å². The summed E-state index contributed by atoms with van der Waals surface area (Å²) in [6.45, 7) is 2.05. The third-order valence-electron chi connectivity index (χ3n) is 4.72. The molecule has 0 saturated heterocycles.